The van der Waals surface area contributed by atoms with Crippen molar-refractivity contribution in [2.24, 2.45) is 0 Å². The van der Waals surface area contributed by atoms with Crippen LogP contribution in [0.4, 0.5) is 18.0 Å². The van der Waals surface area contributed by atoms with Crippen LogP contribution in [0.1, 0.15) is 20.3 Å². The lowest BCUT2D eigenvalue weighted by atomic mass is 10.2. The van der Waals surface area contributed by atoms with Gasteiger partial charge >= 0.3 is 12.2 Å². The Morgan fingerprint density at radius 1 is 1.24 bits per heavy atom. The highest BCUT2D eigenvalue weighted by atomic mass is 32.2. The third-order valence-corrected chi connectivity index (χ3v) is 4.39. The number of amides is 2. The molecule has 0 bridgehead atoms. The summed E-state index contributed by atoms with van der Waals surface area (Å²) in [6, 6.07) is -1.55. The van der Waals surface area contributed by atoms with Crippen LogP contribution < -0.4 is 5.32 Å². The van der Waals surface area contributed by atoms with Gasteiger partial charge in [-0.05, 0) is 32.3 Å². The average Bonchev–Trinajstić information content (AvgIpc) is 2.43. The number of halogens is 3. The molecule has 0 spiro atoms. The smallest absolute Gasteiger partial charge is 0.336 e. The van der Waals surface area contributed by atoms with Crippen molar-refractivity contribution in [1.82, 2.24) is 15.1 Å². The number of alkyl halides is 3. The number of carbonyl (C=O) groups is 1. The van der Waals surface area contributed by atoms with Gasteiger partial charge in [-0.3, -0.25) is 4.90 Å². The van der Waals surface area contributed by atoms with Crippen molar-refractivity contribution in [3.05, 3.63) is 0 Å². The van der Waals surface area contributed by atoms with E-state index < -0.39 is 12.2 Å². The fourth-order valence-electron chi connectivity index (χ4n) is 2.19. The van der Waals surface area contributed by atoms with Gasteiger partial charge in [-0.2, -0.15) is 24.9 Å². The Morgan fingerprint density at radius 2 is 1.81 bits per heavy atom. The summed E-state index contributed by atoms with van der Waals surface area (Å²) < 4.78 is 37.9. The molecule has 0 saturated carbocycles. The minimum absolute atomic E-state index is 0.0806. The van der Waals surface area contributed by atoms with E-state index in [4.69, 9.17) is 0 Å². The molecule has 21 heavy (non-hydrogen) atoms. The van der Waals surface area contributed by atoms with E-state index >= 15 is 0 Å². The predicted molar refractivity (Wildman–Crippen MR) is 79.7 cm³/mol. The zero-order chi connectivity index (χ0) is 16.0. The third kappa shape index (κ3) is 5.94. The number of nitrogens with zero attached hydrogens (tertiary/aromatic N) is 2. The SMILES string of the molecule is CSCC[C@H](C)NC(=O)N1CCN([C@@H](C)C(F)(F)F)CC1. The van der Waals surface area contributed by atoms with E-state index in [0.717, 1.165) is 12.2 Å². The van der Waals surface area contributed by atoms with Crippen molar-refractivity contribution >= 4 is 17.8 Å². The Labute approximate surface area is 128 Å². The molecule has 2 atom stereocenters. The fraction of sp³-hybridized carbons (Fsp3) is 0.923. The largest absolute Gasteiger partial charge is 0.403 e. The van der Waals surface area contributed by atoms with Gasteiger partial charge in [-0.25, -0.2) is 4.79 Å². The molecule has 1 aliphatic rings. The maximum atomic E-state index is 12.6. The van der Waals surface area contributed by atoms with E-state index in [2.05, 4.69) is 5.32 Å². The van der Waals surface area contributed by atoms with Crippen LogP contribution in [0.3, 0.4) is 0 Å². The maximum absolute atomic E-state index is 12.6. The molecule has 0 aliphatic carbocycles. The van der Waals surface area contributed by atoms with E-state index in [1.54, 1.807) is 16.7 Å². The van der Waals surface area contributed by atoms with Crippen molar-refractivity contribution in [3.63, 3.8) is 0 Å². The van der Waals surface area contributed by atoms with Crippen LogP contribution in [0.5, 0.6) is 0 Å². The molecule has 0 radical (unpaired) electrons. The summed E-state index contributed by atoms with van der Waals surface area (Å²) in [7, 11) is 0. The van der Waals surface area contributed by atoms with E-state index in [1.807, 2.05) is 13.2 Å². The molecule has 2 amide bonds. The Kier molecular flexibility index (Phi) is 7.12. The summed E-state index contributed by atoms with van der Waals surface area (Å²) >= 11 is 1.72. The highest BCUT2D eigenvalue weighted by Crippen LogP contribution is 2.25. The molecule has 8 heteroatoms. The minimum Gasteiger partial charge on any atom is -0.336 e. The third-order valence-electron chi connectivity index (χ3n) is 3.75. The Morgan fingerprint density at radius 3 is 2.29 bits per heavy atom. The molecule has 1 fully saturated rings. The molecule has 1 rings (SSSR count). The normalized spacial score (nSPS) is 20.2. The van der Waals surface area contributed by atoms with Crippen LogP contribution in [0.25, 0.3) is 0 Å². The van der Waals surface area contributed by atoms with Crippen LogP contribution in [-0.2, 0) is 0 Å². The van der Waals surface area contributed by atoms with Gasteiger partial charge in [0, 0.05) is 32.2 Å². The van der Waals surface area contributed by atoms with Crippen molar-refractivity contribution < 1.29 is 18.0 Å². The molecular weight excluding hydrogens is 303 g/mol. The second-order valence-electron chi connectivity index (χ2n) is 5.37. The first-order valence-electron chi connectivity index (χ1n) is 7.11. The predicted octanol–water partition coefficient (Wildman–Crippen LogP) is 2.41. The molecule has 0 aromatic rings. The molecule has 124 valence electrons. The van der Waals surface area contributed by atoms with E-state index in [9.17, 15) is 18.0 Å². The Bertz CT molecular complexity index is 333. The van der Waals surface area contributed by atoms with Crippen molar-refractivity contribution in [3.8, 4) is 0 Å². The lowest BCUT2D eigenvalue weighted by Crippen LogP contribution is -2.57. The van der Waals surface area contributed by atoms with Gasteiger partial charge < -0.3 is 10.2 Å². The van der Waals surface area contributed by atoms with Crippen LogP contribution in [0.15, 0.2) is 0 Å². The topological polar surface area (TPSA) is 35.6 Å². The van der Waals surface area contributed by atoms with Gasteiger partial charge in [0.2, 0.25) is 0 Å². The number of rotatable bonds is 5. The summed E-state index contributed by atoms with van der Waals surface area (Å²) in [6.07, 6.45) is -1.32. The molecule has 1 aliphatic heterocycles. The number of hydrogen-bond acceptors (Lipinski definition) is 3. The van der Waals surface area contributed by atoms with Crippen molar-refractivity contribution in [1.29, 1.82) is 0 Å². The van der Waals surface area contributed by atoms with Crippen molar-refractivity contribution in [2.75, 3.05) is 38.2 Å². The number of carbonyl (C=O) groups excluding carboxylic acids is 1. The van der Waals surface area contributed by atoms with Gasteiger partial charge in [0.25, 0.3) is 0 Å². The monoisotopic (exact) mass is 327 g/mol. The summed E-state index contributed by atoms with van der Waals surface area (Å²) in [5.74, 6) is 0.971. The number of nitrogens with one attached hydrogen (secondary N) is 1. The Hall–Kier alpha value is -0.630. The van der Waals surface area contributed by atoms with Gasteiger partial charge in [0.05, 0.1) is 0 Å². The van der Waals surface area contributed by atoms with Crippen LogP contribution in [0.2, 0.25) is 0 Å². The van der Waals surface area contributed by atoms with Crippen LogP contribution >= 0.6 is 11.8 Å². The Balaban J connectivity index is 2.37. The van der Waals surface area contributed by atoms with Gasteiger partial charge in [0.15, 0.2) is 0 Å². The summed E-state index contributed by atoms with van der Waals surface area (Å²) in [6.45, 7) is 4.29. The maximum Gasteiger partial charge on any atom is 0.403 e. The van der Waals surface area contributed by atoms with Gasteiger partial charge in [-0.15, -0.1) is 0 Å². The second-order valence-corrected chi connectivity index (χ2v) is 6.36. The zero-order valence-corrected chi connectivity index (χ0v) is 13.6. The number of piperazine rings is 1. The summed E-state index contributed by atoms with van der Waals surface area (Å²) in [4.78, 5) is 15.0. The molecule has 1 saturated heterocycles. The van der Waals surface area contributed by atoms with E-state index in [1.165, 1.54) is 11.8 Å². The number of thioether (sulfide) groups is 1. The van der Waals surface area contributed by atoms with Crippen LogP contribution in [-0.4, -0.2) is 72.3 Å². The lowest BCUT2D eigenvalue weighted by Gasteiger charge is -2.38. The number of urea groups is 1. The lowest BCUT2D eigenvalue weighted by molar-refractivity contribution is -0.181. The molecule has 0 aromatic carbocycles. The molecule has 4 nitrogen and oxygen atoms in total. The zero-order valence-electron chi connectivity index (χ0n) is 12.7. The van der Waals surface area contributed by atoms with Gasteiger partial charge in [0.1, 0.15) is 6.04 Å². The summed E-state index contributed by atoms with van der Waals surface area (Å²) in [5, 5.41) is 2.89. The fourth-order valence-corrected chi connectivity index (χ4v) is 2.78. The second kappa shape index (κ2) is 8.12. The average molecular weight is 327 g/mol. The van der Waals surface area contributed by atoms with E-state index in [0.29, 0.717) is 13.1 Å². The quantitative estimate of drug-likeness (QED) is 0.842. The first kappa shape index (κ1) is 18.4. The highest BCUT2D eigenvalue weighted by molar-refractivity contribution is 7.98. The standard InChI is InChI=1S/C13H24F3N3OS/c1-10(4-9-21-3)17-12(20)19-7-5-18(6-8-19)11(2)13(14,15)16/h10-11H,4-9H2,1-3H3,(H,17,20)/t10-,11-/m0/s1. The molecule has 0 unspecified atom stereocenters. The highest BCUT2D eigenvalue weighted by Gasteiger charge is 2.41. The first-order chi connectivity index (χ1) is 9.75. The molecular formula is C13H24F3N3OS. The minimum atomic E-state index is -4.21. The number of hydrogen-bond donors (Lipinski definition) is 1. The molecule has 0 aromatic heterocycles. The van der Waals surface area contributed by atoms with Crippen LogP contribution in [0, 0.1) is 0 Å². The first-order valence-corrected chi connectivity index (χ1v) is 8.50. The molecule has 1 N–H and O–H groups in total. The van der Waals surface area contributed by atoms with E-state index in [-0.39, 0.29) is 25.2 Å². The van der Waals surface area contributed by atoms with Gasteiger partial charge in [-0.1, -0.05) is 0 Å². The molecule has 1 heterocycles. The van der Waals surface area contributed by atoms with Crippen molar-refractivity contribution in [2.45, 2.75) is 38.5 Å². The summed E-state index contributed by atoms with van der Waals surface area (Å²) in [5.41, 5.74) is 0.